The summed E-state index contributed by atoms with van der Waals surface area (Å²) in [4.78, 5) is 128. The fourth-order valence-corrected chi connectivity index (χ4v) is 17.0. The number of amides is 4. The smallest absolute Gasteiger partial charge is 0.344 e. The Morgan fingerprint density at radius 3 is 2.20 bits per heavy atom. The molecule has 480 valence electrons. The summed E-state index contributed by atoms with van der Waals surface area (Å²) in [5, 5.41) is 20.0. The van der Waals surface area contributed by atoms with Gasteiger partial charge in [0.2, 0.25) is 29.2 Å². The number of likely N-dealkylation sites (tertiary alicyclic amines) is 1. The second-order valence-corrected chi connectivity index (χ2v) is 25.8. The molecule has 4 amide bonds. The molecule has 0 unspecified atom stereocenters. The quantitative estimate of drug-likeness (QED) is 0.0430. The van der Waals surface area contributed by atoms with Crippen LogP contribution in [0.2, 0.25) is 0 Å². The Balaban J connectivity index is 0.874. The zero-order valence-electron chi connectivity index (χ0n) is 52.7. The Morgan fingerprint density at radius 1 is 0.813 bits per heavy atom. The Morgan fingerprint density at radius 2 is 1.52 bits per heavy atom. The molecular formula is C70H81N7O14. The van der Waals surface area contributed by atoms with Crippen LogP contribution in [0.5, 0.6) is 5.75 Å². The van der Waals surface area contributed by atoms with Crippen LogP contribution in [0, 0.1) is 11.3 Å². The minimum absolute atomic E-state index is 0.0617. The number of hydrogen-bond donors (Lipinski definition) is 4. The van der Waals surface area contributed by atoms with Gasteiger partial charge in [0.15, 0.2) is 6.10 Å². The third-order valence-electron chi connectivity index (χ3n) is 21.1. The molecule has 21 nitrogen and oxygen atoms in total. The van der Waals surface area contributed by atoms with Crippen LogP contribution in [0.25, 0.3) is 10.9 Å². The molecule has 3 saturated heterocycles. The van der Waals surface area contributed by atoms with E-state index in [1.807, 2.05) is 86.5 Å². The Kier molecular flexibility index (Phi) is 16.9. The Labute approximate surface area is 529 Å². The van der Waals surface area contributed by atoms with Crippen LogP contribution in [-0.2, 0) is 87.8 Å². The van der Waals surface area contributed by atoms with Gasteiger partial charge >= 0.3 is 23.9 Å². The molecule has 5 aromatic rings. The van der Waals surface area contributed by atoms with E-state index in [2.05, 4.69) is 20.5 Å². The standard InChI is InChI=1S/C70H81N7O14/c1-8-41(3)56(59(81)72-50(61(83)90-40-44-23-14-11-15-24-44)37-55(79)89-39-43-21-12-10-13-22-43)73-58(80)51-27-18-32-76(51)60(82)53-35-46-45-25-16-17-26-49(45)71-57(46)68(29-20-33-77(53)65(68)84)48-36-47-52(38-54(48)87-6)74(5)63-69(47)30-34-75-31-19-28-67(9-2,62(69)75)64(91-42(4)78)70(63,86)66(85)88-7/h10-17,19,21-26,28,36,38,41,50-51,53,56,62-64,71,86H,8-9,18,20,27,29-35,37,39-40H2,1-7H3,(H,72,81)(H,73,80)/t41-,50-,51-,53-,56-,62-,63+,64+,67+,68-,69+,70-/m0/s1. The van der Waals surface area contributed by atoms with Gasteiger partial charge < -0.3 is 59.1 Å². The highest BCUT2D eigenvalue weighted by Crippen LogP contribution is 2.68. The number of hydrogen-bond acceptors (Lipinski definition) is 16. The zero-order valence-corrected chi connectivity index (χ0v) is 52.7. The predicted molar refractivity (Wildman–Crippen MR) is 334 cm³/mol. The van der Waals surface area contributed by atoms with Gasteiger partial charge in [-0.2, -0.15) is 0 Å². The maximum Gasteiger partial charge on any atom is 0.344 e. The van der Waals surface area contributed by atoms with Crippen LogP contribution in [-0.4, -0.2) is 168 Å². The molecule has 1 aliphatic carbocycles. The summed E-state index contributed by atoms with van der Waals surface area (Å²) in [6.45, 7) is 8.30. The Bertz CT molecular complexity index is 3730. The molecule has 91 heavy (non-hydrogen) atoms. The zero-order chi connectivity index (χ0) is 64.3. The number of ether oxygens (including phenoxy) is 5. The number of H-pyrrole nitrogens is 1. The largest absolute Gasteiger partial charge is 0.496 e. The lowest BCUT2D eigenvalue weighted by atomic mass is 9.47. The summed E-state index contributed by atoms with van der Waals surface area (Å²) in [7, 11) is 4.59. The number of nitrogens with zero attached hydrogens (tertiary/aromatic N) is 4. The highest BCUT2D eigenvalue weighted by molar-refractivity contribution is 6.03. The molecule has 7 aliphatic rings. The van der Waals surface area contributed by atoms with E-state index in [9.17, 15) is 33.9 Å². The van der Waals surface area contributed by atoms with Gasteiger partial charge in [0, 0.05) is 90.8 Å². The monoisotopic (exact) mass is 1240 g/mol. The van der Waals surface area contributed by atoms with Crippen LogP contribution in [0.3, 0.4) is 0 Å². The number of anilines is 1. The van der Waals surface area contributed by atoms with Gasteiger partial charge in [-0.15, -0.1) is 0 Å². The minimum Gasteiger partial charge on any atom is -0.496 e. The number of likely N-dealkylation sites (N-methyl/N-ethyl adjacent to an activating group) is 1. The van der Waals surface area contributed by atoms with Crippen molar-refractivity contribution in [3.8, 4) is 5.75 Å². The van der Waals surface area contributed by atoms with E-state index in [-0.39, 0.29) is 45.1 Å². The van der Waals surface area contributed by atoms with Crippen molar-refractivity contribution in [1.82, 2.24) is 30.3 Å². The van der Waals surface area contributed by atoms with Crippen molar-refractivity contribution in [3.05, 3.63) is 143 Å². The molecule has 12 rings (SSSR count). The number of esters is 4. The molecule has 21 heteroatoms. The summed E-state index contributed by atoms with van der Waals surface area (Å²) >= 11 is 0. The van der Waals surface area contributed by atoms with Crippen molar-refractivity contribution in [1.29, 1.82) is 0 Å². The third kappa shape index (κ3) is 10.1. The van der Waals surface area contributed by atoms with Gasteiger partial charge in [0.05, 0.1) is 26.7 Å². The minimum atomic E-state index is -2.39. The summed E-state index contributed by atoms with van der Waals surface area (Å²) in [5.74, 6) is -5.42. The summed E-state index contributed by atoms with van der Waals surface area (Å²) < 4.78 is 29.3. The van der Waals surface area contributed by atoms with E-state index in [0.717, 1.165) is 27.6 Å². The number of para-hydroxylation sites is 1. The Hall–Kier alpha value is -8.56. The SMILES string of the molecule is CC[C@H](C)[C@H](NC(=O)[C@@H]1CCCN1C(=O)[C@@H]1Cc2c([nH]c3ccccc23)[C@@]2(c3cc4c(cc3OC)N(C)[C@H]3[C@@](O)(C(=O)OC)[C@H](OC(C)=O)[C@]5(CC)C=CCN6CC[C@]43[C@@H]65)CCCN1C2=O)C(=O)N[C@@H](CC(=O)OCc1ccccc1)C(=O)OCc1ccccc1. The number of fused-ring (bicyclic) bond motifs is 7. The third-order valence-corrected chi connectivity index (χ3v) is 21.1. The summed E-state index contributed by atoms with van der Waals surface area (Å²) in [6.07, 6.45) is 5.04. The summed E-state index contributed by atoms with van der Waals surface area (Å²) in [5.41, 5.74) is -0.417. The molecule has 2 bridgehead atoms. The van der Waals surface area contributed by atoms with E-state index in [0.29, 0.717) is 79.9 Å². The molecule has 1 aromatic heterocycles. The molecule has 0 radical (unpaired) electrons. The first kappa shape index (κ1) is 62.6. The maximum absolute atomic E-state index is 16.6. The normalized spacial score (nSPS) is 27.9. The average Bonchev–Trinajstić information content (AvgIpc) is 1.53. The van der Waals surface area contributed by atoms with Gasteiger partial charge in [0.1, 0.15) is 48.5 Å². The lowest BCUT2D eigenvalue weighted by Gasteiger charge is -2.63. The van der Waals surface area contributed by atoms with E-state index in [1.54, 1.807) is 67.5 Å². The predicted octanol–water partition coefficient (Wildman–Crippen LogP) is 5.84. The van der Waals surface area contributed by atoms with Crippen molar-refractivity contribution in [2.75, 3.05) is 52.3 Å². The molecule has 4 fully saturated rings. The number of benzene rings is 4. The van der Waals surface area contributed by atoms with E-state index < -0.39 is 118 Å². The molecule has 7 heterocycles. The number of aromatic nitrogens is 1. The van der Waals surface area contributed by atoms with Crippen LogP contribution in [0.4, 0.5) is 5.69 Å². The number of carbonyl (C=O) groups excluding carboxylic acids is 8. The lowest BCUT2D eigenvalue weighted by molar-refractivity contribution is -0.228. The molecule has 1 saturated carbocycles. The topological polar surface area (TPSA) is 256 Å². The number of aromatic amines is 1. The number of carbonyl (C=O) groups is 8. The second kappa shape index (κ2) is 24.6. The van der Waals surface area contributed by atoms with Crippen LogP contribution < -0.4 is 20.3 Å². The number of aliphatic hydroxyl groups is 1. The van der Waals surface area contributed by atoms with Gasteiger partial charge in [-0.25, -0.2) is 9.59 Å². The van der Waals surface area contributed by atoms with Crippen molar-refractivity contribution in [2.45, 2.75) is 157 Å². The van der Waals surface area contributed by atoms with Crippen LogP contribution >= 0.6 is 0 Å². The van der Waals surface area contributed by atoms with Crippen LogP contribution in [0.15, 0.2) is 109 Å². The van der Waals surface area contributed by atoms with Crippen molar-refractivity contribution in [2.24, 2.45) is 11.3 Å². The fourth-order valence-electron chi connectivity index (χ4n) is 17.0. The van der Waals surface area contributed by atoms with Gasteiger partial charge in [-0.05, 0) is 85.4 Å². The van der Waals surface area contributed by atoms with Crippen molar-refractivity contribution < 1.29 is 67.1 Å². The molecule has 6 aliphatic heterocycles. The van der Waals surface area contributed by atoms with Crippen molar-refractivity contribution >= 4 is 64.1 Å². The van der Waals surface area contributed by atoms with Crippen LogP contribution in [0.1, 0.15) is 113 Å². The number of methoxy groups -OCH3 is 2. The first-order valence-electron chi connectivity index (χ1n) is 31.9. The summed E-state index contributed by atoms with van der Waals surface area (Å²) in [6, 6.07) is 23.4. The maximum atomic E-state index is 16.6. The van der Waals surface area contributed by atoms with Gasteiger partial charge in [0.25, 0.3) is 0 Å². The van der Waals surface area contributed by atoms with E-state index in [1.165, 1.54) is 18.9 Å². The first-order valence-corrected chi connectivity index (χ1v) is 31.9. The molecule has 4 N–H and O–H groups in total. The number of piperidine rings is 1. The van der Waals surface area contributed by atoms with Crippen molar-refractivity contribution in [3.63, 3.8) is 0 Å². The number of nitrogens with one attached hydrogen (secondary N) is 3. The molecular weight excluding hydrogens is 1160 g/mol. The van der Waals surface area contributed by atoms with E-state index >= 15 is 9.59 Å². The average molecular weight is 1240 g/mol. The highest BCUT2D eigenvalue weighted by atomic mass is 16.6. The second-order valence-electron chi connectivity index (χ2n) is 25.8. The fraction of sp³-hybridized carbons (Fsp3) is 0.486. The van der Waals surface area contributed by atoms with E-state index in [4.69, 9.17) is 23.7 Å². The lowest BCUT2D eigenvalue weighted by Crippen LogP contribution is -2.81. The number of rotatable bonds is 19. The molecule has 1 spiro atoms. The van der Waals surface area contributed by atoms with Gasteiger partial charge in [-0.3, -0.25) is 33.7 Å². The molecule has 12 atom stereocenters. The highest BCUT2D eigenvalue weighted by Gasteiger charge is 2.80. The van der Waals surface area contributed by atoms with Gasteiger partial charge in [-0.1, -0.05) is 118 Å². The molecule has 4 aromatic carbocycles. The first-order chi connectivity index (χ1) is 43.8.